The summed E-state index contributed by atoms with van der Waals surface area (Å²) in [6, 6.07) is 19.0. The van der Waals surface area contributed by atoms with Crippen molar-refractivity contribution in [2.45, 2.75) is 25.1 Å². The highest BCUT2D eigenvalue weighted by Gasteiger charge is 2.24. The lowest BCUT2D eigenvalue weighted by Crippen LogP contribution is -2.30. The Bertz CT molecular complexity index is 628. The van der Waals surface area contributed by atoms with Crippen LogP contribution in [0, 0.1) is 0 Å². The van der Waals surface area contributed by atoms with Gasteiger partial charge in [-0.1, -0.05) is 72.4 Å². The molecule has 2 aromatic carbocycles. The molecule has 0 aliphatic rings. The van der Waals surface area contributed by atoms with Crippen LogP contribution in [0.1, 0.15) is 36.3 Å². The molecule has 3 nitrogen and oxygen atoms in total. The molecule has 0 radical (unpaired) electrons. The molecule has 4 heteroatoms. The minimum Gasteiger partial charge on any atom is -0.348 e. The van der Waals surface area contributed by atoms with Gasteiger partial charge < -0.3 is 5.32 Å². The number of benzene rings is 2. The second kappa shape index (κ2) is 7.80. The van der Waals surface area contributed by atoms with Gasteiger partial charge in [-0.25, -0.2) is 0 Å². The number of amides is 1. The van der Waals surface area contributed by atoms with Gasteiger partial charge in [-0.15, -0.1) is 0 Å². The van der Waals surface area contributed by atoms with Crippen LogP contribution in [-0.2, 0) is 9.59 Å². The first-order valence-corrected chi connectivity index (χ1v) is 8.03. The summed E-state index contributed by atoms with van der Waals surface area (Å²) in [5.41, 5.74) is 1.87. The van der Waals surface area contributed by atoms with Gasteiger partial charge in [0.15, 0.2) is 5.12 Å². The Morgan fingerprint density at radius 2 is 1.41 bits per heavy atom. The molecule has 0 saturated heterocycles. The summed E-state index contributed by atoms with van der Waals surface area (Å²) < 4.78 is 0. The van der Waals surface area contributed by atoms with Gasteiger partial charge in [0.25, 0.3) is 0 Å². The quantitative estimate of drug-likeness (QED) is 0.911. The third-order valence-corrected chi connectivity index (χ3v) is 4.34. The molecule has 2 aromatic rings. The van der Waals surface area contributed by atoms with E-state index in [1.165, 1.54) is 6.92 Å². The normalized spacial score (nSPS) is 13.2. The second-order valence-electron chi connectivity index (χ2n) is 5.04. The molecule has 2 atom stereocenters. The standard InChI is InChI=1S/C18H19NO2S/c1-13(15-9-5-3-6-10-15)19-18(21)17(22-14(2)20)16-11-7-4-8-12-16/h3-13,17H,1-2H3,(H,19,21)/t13-,17+/m0/s1. The Morgan fingerprint density at radius 3 is 1.91 bits per heavy atom. The fourth-order valence-electron chi connectivity index (χ4n) is 2.18. The van der Waals surface area contributed by atoms with Crippen LogP contribution in [0.25, 0.3) is 0 Å². The van der Waals surface area contributed by atoms with Crippen molar-refractivity contribution in [3.8, 4) is 0 Å². The van der Waals surface area contributed by atoms with Crippen molar-refractivity contribution in [1.29, 1.82) is 0 Å². The van der Waals surface area contributed by atoms with E-state index in [-0.39, 0.29) is 17.1 Å². The van der Waals surface area contributed by atoms with Crippen molar-refractivity contribution in [3.05, 3.63) is 71.8 Å². The van der Waals surface area contributed by atoms with Gasteiger partial charge in [0.1, 0.15) is 5.25 Å². The Labute approximate surface area is 135 Å². The van der Waals surface area contributed by atoms with E-state index in [1.54, 1.807) is 0 Å². The Hall–Kier alpha value is -2.07. The van der Waals surface area contributed by atoms with Gasteiger partial charge in [-0.3, -0.25) is 9.59 Å². The predicted molar refractivity (Wildman–Crippen MR) is 90.5 cm³/mol. The number of carbonyl (C=O) groups is 2. The van der Waals surface area contributed by atoms with Gasteiger partial charge >= 0.3 is 0 Å². The van der Waals surface area contributed by atoms with Gasteiger partial charge in [-0.05, 0) is 18.1 Å². The fourth-order valence-corrected chi connectivity index (χ4v) is 2.98. The fraction of sp³-hybridized carbons (Fsp3) is 0.222. The molecule has 0 heterocycles. The molecule has 0 fully saturated rings. The van der Waals surface area contributed by atoms with Crippen LogP contribution >= 0.6 is 11.8 Å². The van der Waals surface area contributed by atoms with E-state index >= 15 is 0 Å². The van der Waals surface area contributed by atoms with Crippen molar-refractivity contribution < 1.29 is 9.59 Å². The lowest BCUT2D eigenvalue weighted by atomic mass is 10.1. The first-order chi connectivity index (χ1) is 10.6. The summed E-state index contributed by atoms with van der Waals surface area (Å²) in [4.78, 5) is 24.0. The summed E-state index contributed by atoms with van der Waals surface area (Å²) in [6.07, 6.45) is 0. The zero-order chi connectivity index (χ0) is 15.9. The lowest BCUT2D eigenvalue weighted by molar-refractivity contribution is -0.121. The van der Waals surface area contributed by atoms with E-state index in [2.05, 4.69) is 5.32 Å². The molecule has 0 saturated carbocycles. The number of nitrogens with one attached hydrogen (secondary N) is 1. The molecule has 0 aliphatic carbocycles. The van der Waals surface area contributed by atoms with E-state index in [9.17, 15) is 9.59 Å². The van der Waals surface area contributed by atoms with Crippen LogP contribution in [0.15, 0.2) is 60.7 Å². The molecule has 0 spiro atoms. The molecule has 114 valence electrons. The van der Waals surface area contributed by atoms with Crippen LogP contribution in [0.4, 0.5) is 0 Å². The molecular formula is C18H19NO2S. The Balaban J connectivity index is 2.14. The third kappa shape index (κ3) is 4.46. The third-order valence-electron chi connectivity index (χ3n) is 3.28. The van der Waals surface area contributed by atoms with Crippen molar-refractivity contribution in [1.82, 2.24) is 5.32 Å². The summed E-state index contributed by atoms with van der Waals surface area (Å²) >= 11 is 1.05. The first-order valence-electron chi connectivity index (χ1n) is 7.15. The Morgan fingerprint density at radius 1 is 0.909 bits per heavy atom. The molecular weight excluding hydrogens is 294 g/mol. The van der Waals surface area contributed by atoms with E-state index in [0.717, 1.165) is 22.9 Å². The highest BCUT2D eigenvalue weighted by molar-refractivity contribution is 8.14. The van der Waals surface area contributed by atoms with Crippen LogP contribution in [0.3, 0.4) is 0 Å². The topological polar surface area (TPSA) is 46.2 Å². The van der Waals surface area contributed by atoms with Crippen molar-refractivity contribution in [2.24, 2.45) is 0 Å². The predicted octanol–water partition coefficient (Wildman–Crippen LogP) is 3.88. The van der Waals surface area contributed by atoms with Gasteiger partial charge in [0.2, 0.25) is 5.91 Å². The summed E-state index contributed by atoms with van der Waals surface area (Å²) in [6.45, 7) is 3.42. The lowest BCUT2D eigenvalue weighted by Gasteiger charge is -2.19. The molecule has 0 unspecified atom stereocenters. The average molecular weight is 313 g/mol. The van der Waals surface area contributed by atoms with Gasteiger partial charge in [0.05, 0.1) is 6.04 Å². The van der Waals surface area contributed by atoms with Crippen LogP contribution in [0.5, 0.6) is 0 Å². The van der Waals surface area contributed by atoms with Gasteiger partial charge in [-0.2, -0.15) is 0 Å². The summed E-state index contributed by atoms with van der Waals surface area (Å²) in [5.74, 6) is -0.150. The maximum atomic E-state index is 12.6. The van der Waals surface area contributed by atoms with E-state index in [0.29, 0.717) is 0 Å². The first kappa shape index (κ1) is 16.3. The van der Waals surface area contributed by atoms with Crippen LogP contribution in [0.2, 0.25) is 0 Å². The molecule has 22 heavy (non-hydrogen) atoms. The number of rotatable bonds is 5. The maximum absolute atomic E-state index is 12.6. The Kier molecular flexibility index (Phi) is 5.78. The molecule has 1 amide bonds. The molecule has 0 aromatic heterocycles. The minimum absolute atomic E-state index is 0.0728. The maximum Gasteiger partial charge on any atom is 0.238 e. The zero-order valence-corrected chi connectivity index (χ0v) is 13.5. The smallest absolute Gasteiger partial charge is 0.238 e. The molecule has 0 aliphatic heterocycles. The molecule has 2 rings (SSSR count). The van der Waals surface area contributed by atoms with Crippen molar-refractivity contribution >= 4 is 22.8 Å². The molecule has 0 bridgehead atoms. The average Bonchev–Trinajstić information content (AvgIpc) is 2.54. The van der Waals surface area contributed by atoms with E-state index < -0.39 is 5.25 Å². The second-order valence-corrected chi connectivity index (χ2v) is 6.32. The number of hydrogen-bond donors (Lipinski definition) is 1. The van der Waals surface area contributed by atoms with Crippen molar-refractivity contribution in [3.63, 3.8) is 0 Å². The summed E-state index contributed by atoms with van der Waals surface area (Å²) in [7, 11) is 0. The number of thioether (sulfide) groups is 1. The molecule has 1 N–H and O–H groups in total. The highest BCUT2D eigenvalue weighted by atomic mass is 32.2. The van der Waals surface area contributed by atoms with Gasteiger partial charge in [0, 0.05) is 6.92 Å². The van der Waals surface area contributed by atoms with Crippen LogP contribution < -0.4 is 5.32 Å². The monoisotopic (exact) mass is 313 g/mol. The van der Waals surface area contributed by atoms with Crippen molar-refractivity contribution in [2.75, 3.05) is 0 Å². The van der Waals surface area contributed by atoms with E-state index in [4.69, 9.17) is 0 Å². The van der Waals surface area contributed by atoms with Crippen LogP contribution in [-0.4, -0.2) is 11.0 Å². The SMILES string of the molecule is CC(=O)S[C@@H](C(=O)N[C@@H](C)c1ccccc1)c1ccccc1. The van der Waals surface area contributed by atoms with E-state index in [1.807, 2.05) is 67.6 Å². The summed E-state index contributed by atoms with van der Waals surface area (Å²) in [5, 5.41) is 2.39. The zero-order valence-electron chi connectivity index (χ0n) is 12.7. The highest BCUT2D eigenvalue weighted by Crippen LogP contribution is 2.30. The minimum atomic E-state index is -0.523. The largest absolute Gasteiger partial charge is 0.348 e. The number of carbonyl (C=O) groups excluding carboxylic acids is 2. The number of hydrogen-bond acceptors (Lipinski definition) is 3.